The van der Waals surface area contributed by atoms with Gasteiger partial charge in [-0.2, -0.15) is 0 Å². The number of aromatic hydroxyl groups is 1. The number of amides is 1. The second kappa shape index (κ2) is 4.48. The lowest BCUT2D eigenvalue weighted by Gasteiger charge is -2.07. The largest absolute Gasteiger partial charge is 0.508 e. The molecule has 0 spiro atoms. The van der Waals surface area contributed by atoms with Gasteiger partial charge in [-0.25, -0.2) is 9.97 Å². The number of hydrogen-bond donors (Lipinski definition) is 3. The van der Waals surface area contributed by atoms with E-state index in [9.17, 15) is 9.90 Å². The molecule has 6 nitrogen and oxygen atoms in total. The number of aromatic nitrogens is 2. The maximum atomic E-state index is 11.7. The predicted octanol–water partition coefficient (Wildman–Crippen LogP) is 1.02. The van der Waals surface area contributed by atoms with Crippen molar-refractivity contribution in [3.05, 3.63) is 42.5 Å². The number of nitrogens with zero attached hydrogens (tertiary/aromatic N) is 2. The molecule has 0 radical (unpaired) electrons. The molecule has 1 aromatic carbocycles. The van der Waals surface area contributed by atoms with Crippen molar-refractivity contribution in [1.29, 1.82) is 0 Å². The Labute approximate surface area is 97.1 Å². The van der Waals surface area contributed by atoms with Crippen LogP contribution in [0.3, 0.4) is 0 Å². The van der Waals surface area contributed by atoms with Gasteiger partial charge in [-0.05, 0) is 12.1 Å². The second-order valence-corrected chi connectivity index (χ2v) is 3.35. The minimum atomic E-state index is -0.358. The highest BCUT2D eigenvalue weighted by Crippen LogP contribution is 2.23. The van der Waals surface area contributed by atoms with Crippen molar-refractivity contribution >= 4 is 17.3 Å². The fourth-order valence-corrected chi connectivity index (χ4v) is 1.27. The lowest BCUT2D eigenvalue weighted by atomic mass is 10.2. The van der Waals surface area contributed by atoms with Crippen molar-refractivity contribution in [3.8, 4) is 5.75 Å². The maximum Gasteiger partial charge on any atom is 0.258 e. The molecule has 4 N–H and O–H groups in total. The Morgan fingerprint density at radius 2 is 2.00 bits per heavy atom. The number of phenols is 1. The summed E-state index contributed by atoms with van der Waals surface area (Å²) in [5, 5.41) is 11.8. The number of nitrogens with one attached hydrogen (secondary N) is 1. The highest BCUT2D eigenvalue weighted by molar-refractivity contribution is 6.05. The van der Waals surface area contributed by atoms with E-state index in [1.165, 1.54) is 36.9 Å². The topological polar surface area (TPSA) is 101 Å². The highest BCUT2D eigenvalue weighted by Gasteiger charge is 2.08. The van der Waals surface area contributed by atoms with Gasteiger partial charge in [0.25, 0.3) is 5.91 Å². The first-order chi connectivity index (χ1) is 8.16. The number of carbonyl (C=O) groups excluding carboxylic acids is 1. The molecule has 2 aromatic rings. The molecule has 0 unspecified atom stereocenters. The van der Waals surface area contributed by atoms with Crippen LogP contribution in [-0.2, 0) is 0 Å². The lowest BCUT2D eigenvalue weighted by molar-refractivity contribution is 0.102. The molecule has 0 saturated heterocycles. The molecule has 0 fully saturated rings. The molecule has 0 bridgehead atoms. The molecule has 0 atom stereocenters. The molecule has 1 amide bonds. The average molecular weight is 230 g/mol. The van der Waals surface area contributed by atoms with Gasteiger partial charge in [0.1, 0.15) is 12.1 Å². The normalized spacial score (nSPS) is 9.88. The monoisotopic (exact) mass is 230 g/mol. The second-order valence-electron chi connectivity index (χ2n) is 3.35. The molecular formula is C11H10N4O2. The van der Waals surface area contributed by atoms with Crippen LogP contribution in [0.15, 0.2) is 36.9 Å². The van der Waals surface area contributed by atoms with Gasteiger partial charge in [-0.3, -0.25) is 4.79 Å². The number of rotatable bonds is 2. The van der Waals surface area contributed by atoms with Gasteiger partial charge in [0.2, 0.25) is 0 Å². The van der Waals surface area contributed by atoms with E-state index >= 15 is 0 Å². The van der Waals surface area contributed by atoms with Gasteiger partial charge in [-0.15, -0.1) is 0 Å². The summed E-state index contributed by atoms with van der Waals surface area (Å²) in [5.41, 5.74) is 6.69. The number of carbonyl (C=O) groups is 1. The van der Waals surface area contributed by atoms with Gasteiger partial charge < -0.3 is 16.2 Å². The summed E-state index contributed by atoms with van der Waals surface area (Å²) in [6.07, 6.45) is 4.14. The Balaban J connectivity index is 2.19. The van der Waals surface area contributed by atoms with Crippen LogP contribution in [-0.4, -0.2) is 21.0 Å². The number of nitrogens with two attached hydrogens (primary N) is 1. The summed E-state index contributed by atoms with van der Waals surface area (Å²) in [7, 11) is 0. The zero-order chi connectivity index (χ0) is 12.3. The number of hydrogen-bond acceptors (Lipinski definition) is 5. The van der Waals surface area contributed by atoms with E-state index in [0.717, 1.165) is 0 Å². The molecule has 0 aliphatic heterocycles. The summed E-state index contributed by atoms with van der Waals surface area (Å²) >= 11 is 0. The molecule has 0 aliphatic carbocycles. The van der Waals surface area contributed by atoms with E-state index in [4.69, 9.17) is 5.73 Å². The SMILES string of the molecule is Nc1cc(O)ccc1NC(=O)c1cncnc1. The zero-order valence-electron chi connectivity index (χ0n) is 8.79. The van der Waals surface area contributed by atoms with E-state index < -0.39 is 0 Å². The standard InChI is InChI=1S/C11H10N4O2/c12-9-3-8(16)1-2-10(9)15-11(17)7-4-13-6-14-5-7/h1-6,16H,12H2,(H,15,17). The van der Waals surface area contributed by atoms with Crippen molar-refractivity contribution in [2.24, 2.45) is 0 Å². The molecule has 2 rings (SSSR count). The van der Waals surface area contributed by atoms with Crippen molar-refractivity contribution in [1.82, 2.24) is 9.97 Å². The smallest absolute Gasteiger partial charge is 0.258 e. The first kappa shape index (κ1) is 10.9. The predicted molar refractivity (Wildman–Crippen MR) is 62.5 cm³/mol. The van der Waals surface area contributed by atoms with Crippen molar-refractivity contribution in [2.45, 2.75) is 0 Å². The van der Waals surface area contributed by atoms with E-state index in [2.05, 4.69) is 15.3 Å². The summed E-state index contributed by atoms with van der Waals surface area (Å²) in [6.45, 7) is 0. The van der Waals surface area contributed by atoms with E-state index in [0.29, 0.717) is 11.3 Å². The Morgan fingerprint density at radius 3 is 2.65 bits per heavy atom. The molecular weight excluding hydrogens is 220 g/mol. The average Bonchev–Trinajstić information content (AvgIpc) is 2.34. The van der Waals surface area contributed by atoms with Crippen LogP contribution in [0.5, 0.6) is 5.75 Å². The van der Waals surface area contributed by atoms with E-state index in [-0.39, 0.29) is 17.3 Å². The first-order valence-corrected chi connectivity index (χ1v) is 4.81. The molecule has 6 heteroatoms. The molecule has 0 saturated carbocycles. The van der Waals surface area contributed by atoms with E-state index in [1.54, 1.807) is 0 Å². The lowest BCUT2D eigenvalue weighted by Crippen LogP contribution is -2.13. The van der Waals surface area contributed by atoms with Crippen molar-refractivity contribution in [3.63, 3.8) is 0 Å². The summed E-state index contributed by atoms with van der Waals surface area (Å²) < 4.78 is 0. The third-order valence-corrected chi connectivity index (χ3v) is 2.11. The van der Waals surface area contributed by atoms with Gasteiger partial charge in [0, 0.05) is 18.5 Å². The van der Waals surface area contributed by atoms with Gasteiger partial charge in [-0.1, -0.05) is 0 Å². The molecule has 1 heterocycles. The van der Waals surface area contributed by atoms with Crippen LogP contribution >= 0.6 is 0 Å². The van der Waals surface area contributed by atoms with Gasteiger partial charge in [0.05, 0.1) is 16.9 Å². The molecule has 17 heavy (non-hydrogen) atoms. The van der Waals surface area contributed by atoms with Crippen LogP contribution in [0.4, 0.5) is 11.4 Å². The number of anilines is 2. The third-order valence-electron chi connectivity index (χ3n) is 2.11. The van der Waals surface area contributed by atoms with Crippen LogP contribution < -0.4 is 11.1 Å². The summed E-state index contributed by atoms with van der Waals surface area (Å²) in [4.78, 5) is 19.2. The fraction of sp³-hybridized carbons (Fsp3) is 0. The first-order valence-electron chi connectivity index (χ1n) is 4.81. The maximum absolute atomic E-state index is 11.7. The Morgan fingerprint density at radius 1 is 1.29 bits per heavy atom. The number of phenolic OH excluding ortho intramolecular Hbond substituents is 1. The van der Waals surface area contributed by atoms with E-state index in [1.807, 2.05) is 0 Å². The highest BCUT2D eigenvalue weighted by atomic mass is 16.3. The number of benzene rings is 1. The van der Waals surface area contributed by atoms with Crippen LogP contribution in [0.25, 0.3) is 0 Å². The summed E-state index contributed by atoms with van der Waals surface area (Å²) in [6, 6.07) is 4.32. The van der Waals surface area contributed by atoms with Gasteiger partial charge in [0.15, 0.2) is 0 Å². The molecule has 1 aromatic heterocycles. The molecule has 0 aliphatic rings. The Kier molecular flexibility index (Phi) is 2.87. The minimum absolute atomic E-state index is 0.0449. The van der Waals surface area contributed by atoms with Crippen LogP contribution in [0.1, 0.15) is 10.4 Å². The number of nitrogen functional groups attached to an aromatic ring is 1. The van der Waals surface area contributed by atoms with Crippen LogP contribution in [0.2, 0.25) is 0 Å². The summed E-state index contributed by atoms with van der Waals surface area (Å²) in [5.74, 6) is -0.313. The molecule has 86 valence electrons. The quantitative estimate of drug-likeness (QED) is 0.528. The minimum Gasteiger partial charge on any atom is -0.508 e. The van der Waals surface area contributed by atoms with Crippen molar-refractivity contribution < 1.29 is 9.90 Å². The fourth-order valence-electron chi connectivity index (χ4n) is 1.27. The third kappa shape index (κ3) is 2.49. The van der Waals surface area contributed by atoms with Gasteiger partial charge >= 0.3 is 0 Å². The van der Waals surface area contributed by atoms with Crippen molar-refractivity contribution in [2.75, 3.05) is 11.1 Å². The Hall–Kier alpha value is -2.63. The van der Waals surface area contributed by atoms with Crippen LogP contribution in [0, 0.1) is 0 Å². The Bertz CT molecular complexity index is 542. The zero-order valence-corrected chi connectivity index (χ0v) is 8.79.